The van der Waals surface area contributed by atoms with Gasteiger partial charge in [0.05, 0.1) is 13.2 Å². The molecule has 0 fully saturated rings. The van der Waals surface area contributed by atoms with Crippen molar-refractivity contribution in [2.45, 2.75) is 20.1 Å². The second-order valence-electron chi connectivity index (χ2n) is 4.61. The summed E-state index contributed by atoms with van der Waals surface area (Å²) in [5.41, 5.74) is 3.26. The number of aryl methyl sites for hydroxylation is 1. The highest BCUT2D eigenvalue weighted by Crippen LogP contribution is 2.25. The summed E-state index contributed by atoms with van der Waals surface area (Å²) in [5.74, 6) is 0.939. The fourth-order valence-corrected chi connectivity index (χ4v) is 2.25. The molecule has 3 aromatic rings. The van der Waals surface area contributed by atoms with E-state index in [0.717, 1.165) is 22.3 Å². The quantitative estimate of drug-likeness (QED) is 0.684. The molecule has 0 bridgehead atoms. The minimum atomic E-state index is 0.581. The maximum Gasteiger partial charge on any atom is 0.134 e. The summed E-state index contributed by atoms with van der Waals surface area (Å²) in [5, 5.41) is 1.15. The van der Waals surface area contributed by atoms with Gasteiger partial charge in [0.15, 0.2) is 0 Å². The molecule has 3 rings (SSSR count). The first kappa shape index (κ1) is 12.0. The van der Waals surface area contributed by atoms with Crippen molar-refractivity contribution in [2.24, 2.45) is 0 Å². The van der Waals surface area contributed by atoms with Crippen LogP contribution in [-0.2, 0) is 18.0 Å². The molecule has 1 heterocycles. The zero-order valence-electron chi connectivity index (χ0n) is 10.9. The lowest BCUT2D eigenvalue weighted by molar-refractivity contribution is 0.107. The highest BCUT2D eigenvalue weighted by molar-refractivity contribution is 5.81. The predicted molar refractivity (Wildman–Crippen MR) is 75.9 cm³/mol. The molecule has 2 nitrogen and oxygen atoms in total. The Morgan fingerprint density at radius 3 is 2.47 bits per heavy atom. The molecule has 19 heavy (non-hydrogen) atoms. The summed E-state index contributed by atoms with van der Waals surface area (Å²) in [6, 6.07) is 18.3. The van der Waals surface area contributed by atoms with Crippen LogP contribution in [0.4, 0.5) is 0 Å². The first-order valence-electron chi connectivity index (χ1n) is 6.43. The molecule has 0 atom stereocenters. The SMILES string of the molecule is Cc1oc2ccccc2c1COCc1ccccc1. The van der Waals surface area contributed by atoms with Gasteiger partial charge in [0.1, 0.15) is 11.3 Å². The van der Waals surface area contributed by atoms with Gasteiger partial charge in [0, 0.05) is 10.9 Å². The molecule has 0 aliphatic rings. The lowest BCUT2D eigenvalue weighted by Crippen LogP contribution is -1.94. The summed E-state index contributed by atoms with van der Waals surface area (Å²) in [6.45, 7) is 3.19. The Kier molecular flexibility index (Phi) is 3.34. The number of hydrogen-bond acceptors (Lipinski definition) is 2. The molecule has 0 aliphatic carbocycles. The van der Waals surface area contributed by atoms with Crippen molar-refractivity contribution in [2.75, 3.05) is 0 Å². The maximum atomic E-state index is 5.79. The first-order chi connectivity index (χ1) is 9.34. The van der Waals surface area contributed by atoms with E-state index in [1.165, 1.54) is 5.56 Å². The zero-order chi connectivity index (χ0) is 13.1. The Hall–Kier alpha value is -2.06. The molecule has 2 heteroatoms. The van der Waals surface area contributed by atoms with Crippen LogP contribution < -0.4 is 0 Å². The number of rotatable bonds is 4. The third-order valence-corrected chi connectivity index (χ3v) is 3.26. The number of ether oxygens (including phenoxy) is 1. The predicted octanol–water partition coefficient (Wildman–Crippen LogP) is 4.46. The fourth-order valence-electron chi connectivity index (χ4n) is 2.25. The second-order valence-corrected chi connectivity index (χ2v) is 4.61. The summed E-state index contributed by atoms with van der Waals surface area (Å²) in [6.07, 6.45) is 0. The van der Waals surface area contributed by atoms with Gasteiger partial charge in [0.25, 0.3) is 0 Å². The van der Waals surface area contributed by atoms with Gasteiger partial charge in [-0.1, -0.05) is 48.5 Å². The molecule has 0 saturated carbocycles. The monoisotopic (exact) mass is 252 g/mol. The van der Waals surface area contributed by atoms with E-state index in [9.17, 15) is 0 Å². The van der Waals surface area contributed by atoms with Crippen LogP contribution in [0.25, 0.3) is 11.0 Å². The lowest BCUT2D eigenvalue weighted by Gasteiger charge is -2.04. The van der Waals surface area contributed by atoms with Crippen molar-refractivity contribution >= 4 is 11.0 Å². The molecule has 0 saturated heterocycles. The summed E-state index contributed by atoms with van der Waals surface area (Å²) in [7, 11) is 0. The van der Waals surface area contributed by atoms with E-state index in [1.54, 1.807) is 0 Å². The van der Waals surface area contributed by atoms with Gasteiger partial charge in [-0.05, 0) is 18.6 Å². The van der Waals surface area contributed by atoms with Gasteiger partial charge in [0.2, 0.25) is 0 Å². The Bertz CT molecular complexity index is 668. The minimum Gasteiger partial charge on any atom is -0.461 e. The van der Waals surface area contributed by atoms with Crippen LogP contribution >= 0.6 is 0 Å². The van der Waals surface area contributed by atoms with E-state index in [-0.39, 0.29) is 0 Å². The van der Waals surface area contributed by atoms with E-state index in [1.807, 2.05) is 43.3 Å². The van der Waals surface area contributed by atoms with Gasteiger partial charge in [-0.25, -0.2) is 0 Å². The highest BCUT2D eigenvalue weighted by atomic mass is 16.5. The number of furan rings is 1. The molecule has 1 aromatic heterocycles. The number of para-hydroxylation sites is 1. The van der Waals surface area contributed by atoms with E-state index < -0.39 is 0 Å². The second kappa shape index (κ2) is 5.29. The third kappa shape index (κ3) is 2.54. The van der Waals surface area contributed by atoms with Crippen molar-refractivity contribution < 1.29 is 9.15 Å². The van der Waals surface area contributed by atoms with Crippen molar-refractivity contribution in [3.63, 3.8) is 0 Å². The van der Waals surface area contributed by atoms with Gasteiger partial charge in [-0.2, -0.15) is 0 Å². The topological polar surface area (TPSA) is 22.4 Å². The van der Waals surface area contributed by atoms with Gasteiger partial charge >= 0.3 is 0 Å². The van der Waals surface area contributed by atoms with Crippen LogP contribution in [0.2, 0.25) is 0 Å². The molecular weight excluding hydrogens is 236 g/mol. The van der Waals surface area contributed by atoms with Gasteiger partial charge in [-0.3, -0.25) is 0 Å². The smallest absolute Gasteiger partial charge is 0.134 e. The van der Waals surface area contributed by atoms with Crippen LogP contribution in [0, 0.1) is 6.92 Å². The molecule has 0 amide bonds. The molecule has 0 unspecified atom stereocenters. The summed E-state index contributed by atoms with van der Waals surface area (Å²) < 4.78 is 11.5. The lowest BCUT2D eigenvalue weighted by atomic mass is 10.1. The Labute approximate surface area is 112 Å². The van der Waals surface area contributed by atoms with Crippen molar-refractivity contribution in [3.05, 3.63) is 71.5 Å². The average Bonchev–Trinajstić information content (AvgIpc) is 2.76. The fraction of sp³-hybridized carbons (Fsp3) is 0.176. The van der Waals surface area contributed by atoms with Crippen LogP contribution in [-0.4, -0.2) is 0 Å². The van der Waals surface area contributed by atoms with E-state index in [4.69, 9.17) is 9.15 Å². The Morgan fingerprint density at radius 1 is 0.895 bits per heavy atom. The average molecular weight is 252 g/mol. The van der Waals surface area contributed by atoms with Gasteiger partial charge in [-0.15, -0.1) is 0 Å². The molecule has 0 spiro atoms. The number of benzene rings is 2. The van der Waals surface area contributed by atoms with Crippen molar-refractivity contribution in [3.8, 4) is 0 Å². The van der Waals surface area contributed by atoms with Crippen LogP contribution in [0.1, 0.15) is 16.9 Å². The van der Waals surface area contributed by atoms with Crippen molar-refractivity contribution in [1.82, 2.24) is 0 Å². The molecule has 0 N–H and O–H groups in total. The van der Waals surface area contributed by atoms with E-state index in [2.05, 4.69) is 18.2 Å². The van der Waals surface area contributed by atoms with Crippen LogP contribution in [0.3, 0.4) is 0 Å². The highest BCUT2D eigenvalue weighted by Gasteiger charge is 2.10. The van der Waals surface area contributed by atoms with Crippen LogP contribution in [0.15, 0.2) is 59.0 Å². The molecular formula is C17H16O2. The number of fused-ring (bicyclic) bond motifs is 1. The molecule has 96 valence electrons. The van der Waals surface area contributed by atoms with E-state index in [0.29, 0.717) is 13.2 Å². The molecule has 0 aliphatic heterocycles. The normalized spacial score (nSPS) is 11.0. The first-order valence-corrected chi connectivity index (χ1v) is 6.43. The zero-order valence-corrected chi connectivity index (χ0v) is 10.9. The maximum absolute atomic E-state index is 5.79. The Morgan fingerprint density at radius 2 is 1.63 bits per heavy atom. The molecule has 0 radical (unpaired) electrons. The largest absolute Gasteiger partial charge is 0.461 e. The van der Waals surface area contributed by atoms with Gasteiger partial charge < -0.3 is 9.15 Å². The third-order valence-electron chi connectivity index (χ3n) is 3.26. The summed E-state index contributed by atoms with van der Waals surface area (Å²) >= 11 is 0. The summed E-state index contributed by atoms with van der Waals surface area (Å²) in [4.78, 5) is 0. The van der Waals surface area contributed by atoms with E-state index >= 15 is 0 Å². The minimum absolute atomic E-state index is 0.581. The number of hydrogen-bond donors (Lipinski definition) is 0. The van der Waals surface area contributed by atoms with Crippen LogP contribution in [0.5, 0.6) is 0 Å². The Balaban J connectivity index is 1.73. The standard InChI is InChI=1S/C17H16O2/c1-13-16(15-9-5-6-10-17(15)19-13)12-18-11-14-7-3-2-4-8-14/h2-10H,11-12H2,1H3. The van der Waals surface area contributed by atoms with Crippen molar-refractivity contribution in [1.29, 1.82) is 0 Å². The molecule has 2 aromatic carbocycles.